The van der Waals surface area contributed by atoms with Crippen molar-refractivity contribution >= 4 is 40.1 Å². The molecule has 0 fully saturated rings. The number of hydrogen-bond acceptors (Lipinski definition) is 8. The van der Waals surface area contributed by atoms with Crippen LogP contribution in [0.25, 0.3) is 11.3 Å². The number of nitriles is 1. The Bertz CT molecular complexity index is 1390. The van der Waals surface area contributed by atoms with Gasteiger partial charge in [-0.15, -0.1) is 11.3 Å². The molecule has 2 aromatic heterocycles. The van der Waals surface area contributed by atoms with Crippen LogP contribution in [0.5, 0.6) is 0 Å². The summed E-state index contributed by atoms with van der Waals surface area (Å²) in [5, 5.41) is 15.5. The highest BCUT2D eigenvalue weighted by atomic mass is 127. The zero-order valence-corrected chi connectivity index (χ0v) is 21.7. The van der Waals surface area contributed by atoms with Gasteiger partial charge in [0.15, 0.2) is 5.60 Å². The topological polar surface area (TPSA) is 103 Å². The molecule has 0 saturated heterocycles. The van der Waals surface area contributed by atoms with Gasteiger partial charge >= 0.3 is 6.16 Å². The highest BCUT2D eigenvalue weighted by molar-refractivity contribution is 14.1. The molecule has 0 radical (unpaired) electrons. The Morgan fingerprint density at radius 2 is 2.06 bits per heavy atom. The van der Waals surface area contributed by atoms with Gasteiger partial charge in [-0.05, 0) is 46.9 Å². The molecule has 2 atom stereocenters. The molecule has 2 aromatic carbocycles. The predicted octanol–water partition coefficient (Wildman–Crippen LogP) is 5.80. The normalized spacial score (nSPS) is 13.4. The summed E-state index contributed by atoms with van der Waals surface area (Å²) in [5.41, 5.74) is 0.156. The van der Waals surface area contributed by atoms with Crippen molar-refractivity contribution in [3.63, 3.8) is 0 Å². The average molecular weight is 621 g/mol. The van der Waals surface area contributed by atoms with Crippen molar-refractivity contribution in [1.82, 2.24) is 19.7 Å². The lowest BCUT2D eigenvalue weighted by molar-refractivity contribution is -0.0610. The van der Waals surface area contributed by atoms with Crippen molar-refractivity contribution in [2.45, 2.75) is 25.0 Å². The first kappa shape index (κ1) is 25.6. The summed E-state index contributed by atoms with van der Waals surface area (Å²) >= 11 is 3.14. The first-order chi connectivity index (χ1) is 17.4. The Labute approximate surface area is 222 Å². The van der Waals surface area contributed by atoms with Gasteiger partial charge in [-0.2, -0.15) is 10.4 Å². The summed E-state index contributed by atoms with van der Waals surface area (Å²) in [6.07, 6.45) is 1.68. The molecule has 0 unspecified atom stereocenters. The standard InChI is InChI=1S/C24H18F2IN5O3S/c1-15(22-31-21(10-36-22)17-4-2-16(9-28)3-5-17)24(35-23(33)34-12-27,11-32-14-29-13-30-32)19-7-6-18(25)8-20(19)26/h2-8,10,13-15H,11-12H2,1H3/t15-,24+/m0/s1. The maximum absolute atomic E-state index is 15.3. The number of halogens is 3. The summed E-state index contributed by atoms with van der Waals surface area (Å²) in [5.74, 6) is -2.39. The monoisotopic (exact) mass is 621 g/mol. The van der Waals surface area contributed by atoms with Gasteiger partial charge in [0, 0.05) is 22.6 Å². The third-order valence-corrected chi connectivity index (χ3v) is 6.93. The van der Waals surface area contributed by atoms with Crippen LogP contribution in [0.1, 0.15) is 29.0 Å². The quantitative estimate of drug-likeness (QED) is 0.139. The van der Waals surface area contributed by atoms with Crippen molar-refractivity contribution in [2.24, 2.45) is 0 Å². The molecule has 4 rings (SSSR count). The lowest BCUT2D eigenvalue weighted by Gasteiger charge is -2.37. The van der Waals surface area contributed by atoms with Crippen LogP contribution in [-0.4, -0.2) is 30.5 Å². The summed E-state index contributed by atoms with van der Waals surface area (Å²) < 4.78 is 41.4. The van der Waals surface area contributed by atoms with Crippen LogP contribution >= 0.6 is 33.9 Å². The van der Waals surface area contributed by atoms with Gasteiger partial charge in [0.25, 0.3) is 0 Å². The van der Waals surface area contributed by atoms with Gasteiger partial charge < -0.3 is 9.47 Å². The molecular formula is C24H18F2IN5O3S. The van der Waals surface area contributed by atoms with Crippen LogP contribution in [-0.2, 0) is 21.6 Å². The second kappa shape index (κ2) is 11.1. The molecule has 4 aromatic rings. The molecule has 0 amide bonds. The number of benzene rings is 2. The molecule has 2 heterocycles. The Morgan fingerprint density at radius 1 is 1.28 bits per heavy atom. The largest absolute Gasteiger partial charge is 0.510 e. The zero-order valence-electron chi connectivity index (χ0n) is 18.8. The van der Waals surface area contributed by atoms with Gasteiger partial charge in [-0.3, -0.25) is 0 Å². The minimum Gasteiger partial charge on any atom is -0.424 e. The van der Waals surface area contributed by atoms with E-state index < -0.39 is 29.3 Å². The molecule has 184 valence electrons. The third-order valence-electron chi connectivity index (χ3n) is 5.59. The van der Waals surface area contributed by atoms with E-state index in [1.54, 1.807) is 31.2 Å². The fraction of sp³-hybridized carbons (Fsp3) is 0.208. The number of carbonyl (C=O) groups is 1. The Morgan fingerprint density at radius 3 is 2.69 bits per heavy atom. The Hall–Kier alpha value is -3.44. The number of nitrogens with zero attached hydrogens (tertiary/aromatic N) is 5. The molecule has 0 bridgehead atoms. The van der Waals surface area contributed by atoms with E-state index in [9.17, 15) is 9.18 Å². The fourth-order valence-corrected chi connectivity index (χ4v) is 5.00. The summed E-state index contributed by atoms with van der Waals surface area (Å²) in [7, 11) is 0. The van der Waals surface area contributed by atoms with Crippen LogP contribution in [0.3, 0.4) is 0 Å². The first-order valence-electron chi connectivity index (χ1n) is 10.5. The number of thiazole rings is 1. The van der Waals surface area contributed by atoms with Crippen molar-refractivity contribution in [3.8, 4) is 17.3 Å². The van der Waals surface area contributed by atoms with E-state index in [2.05, 4.69) is 16.2 Å². The van der Waals surface area contributed by atoms with E-state index in [0.717, 1.165) is 17.7 Å². The zero-order chi connectivity index (χ0) is 25.7. The lowest BCUT2D eigenvalue weighted by atomic mass is 9.81. The number of alkyl halides is 1. The number of ether oxygens (including phenoxy) is 2. The SMILES string of the molecule is C[C@@H](c1nc(-c2ccc(C#N)cc2)cs1)[C@@](Cn1cncn1)(OC(=O)OCI)c1ccc(F)cc1F. The van der Waals surface area contributed by atoms with E-state index in [-0.39, 0.29) is 16.7 Å². The molecule has 36 heavy (non-hydrogen) atoms. The highest BCUT2D eigenvalue weighted by Crippen LogP contribution is 2.44. The molecule has 0 spiro atoms. The van der Waals surface area contributed by atoms with Crippen molar-refractivity contribution in [2.75, 3.05) is 4.61 Å². The highest BCUT2D eigenvalue weighted by Gasteiger charge is 2.47. The number of aromatic nitrogens is 4. The minimum absolute atomic E-state index is 0.0103. The van der Waals surface area contributed by atoms with Crippen molar-refractivity contribution in [3.05, 3.63) is 88.3 Å². The first-order valence-corrected chi connectivity index (χ1v) is 12.9. The fourth-order valence-electron chi connectivity index (χ4n) is 3.78. The number of carbonyl (C=O) groups excluding carboxylic acids is 1. The molecule has 0 aliphatic carbocycles. The summed E-state index contributed by atoms with van der Waals surface area (Å²) in [4.78, 5) is 21.3. The van der Waals surface area contributed by atoms with Crippen LogP contribution in [0, 0.1) is 23.0 Å². The van der Waals surface area contributed by atoms with Crippen molar-refractivity contribution in [1.29, 1.82) is 5.26 Å². The average Bonchev–Trinajstić information content (AvgIpc) is 3.56. The lowest BCUT2D eigenvalue weighted by Crippen LogP contribution is -2.43. The Balaban J connectivity index is 1.83. The summed E-state index contributed by atoms with van der Waals surface area (Å²) in [6.45, 7) is 1.59. The predicted molar refractivity (Wildman–Crippen MR) is 135 cm³/mol. The molecular weight excluding hydrogens is 603 g/mol. The van der Waals surface area contributed by atoms with E-state index >= 15 is 4.39 Å². The van der Waals surface area contributed by atoms with E-state index in [1.165, 1.54) is 34.7 Å². The summed E-state index contributed by atoms with van der Waals surface area (Å²) in [6, 6.07) is 12.1. The second-order valence-corrected chi connectivity index (χ2v) is 9.21. The smallest absolute Gasteiger partial charge is 0.424 e. The van der Waals surface area contributed by atoms with Gasteiger partial charge in [0.05, 0.1) is 29.8 Å². The maximum Gasteiger partial charge on any atom is 0.510 e. The van der Waals surface area contributed by atoms with Gasteiger partial charge in [-0.25, -0.2) is 28.2 Å². The molecule has 0 N–H and O–H groups in total. The van der Waals surface area contributed by atoms with E-state index in [4.69, 9.17) is 19.7 Å². The van der Waals surface area contributed by atoms with Crippen molar-refractivity contribution < 1.29 is 23.0 Å². The molecule has 8 nitrogen and oxygen atoms in total. The van der Waals surface area contributed by atoms with Gasteiger partial charge in [0.1, 0.15) is 33.9 Å². The molecule has 0 saturated carbocycles. The Kier molecular flexibility index (Phi) is 7.90. The minimum atomic E-state index is -1.71. The van der Waals surface area contributed by atoms with E-state index in [0.29, 0.717) is 16.3 Å². The van der Waals surface area contributed by atoms with Crippen LogP contribution in [0.15, 0.2) is 60.5 Å². The van der Waals surface area contributed by atoms with Gasteiger partial charge in [-0.1, -0.05) is 19.1 Å². The van der Waals surface area contributed by atoms with Crippen LogP contribution in [0.4, 0.5) is 13.6 Å². The molecule has 0 aliphatic rings. The van der Waals surface area contributed by atoms with Crippen LogP contribution < -0.4 is 0 Å². The number of hydrogen-bond donors (Lipinski definition) is 0. The molecule has 12 heteroatoms. The molecule has 0 aliphatic heterocycles. The second-order valence-electron chi connectivity index (χ2n) is 7.69. The van der Waals surface area contributed by atoms with E-state index in [1.807, 2.05) is 28.0 Å². The number of rotatable bonds is 8. The van der Waals surface area contributed by atoms with Gasteiger partial charge in [0.2, 0.25) is 0 Å². The maximum atomic E-state index is 15.3. The third kappa shape index (κ3) is 5.36. The van der Waals surface area contributed by atoms with Crippen LogP contribution in [0.2, 0.25) is 0 Å².